The lowest BCUT2D eigenvalue weighted by Crippen LogP contribution is -2.31. The highest BCUT2D eigenvalue weighted by Gasteiger charge is 2.06. The van der Waals surface area contributed by atoms with Crippen molar-refractivity contribution >= 4 is 0 Å². The lowest BCUT2D eigenvalue weighted by molar-refractivity contribution is 0.0719. The SMILES string of the molecule is OCCOCCN1CCCCCCC1. The number of ether oxygens (including phenoxy) is 1. The molecule has 0 atom stereocenters. The Bertz CT molecular complexity index is 122. The molecule has 0 radical (unpaired) electrons. The highest BCUT2D eigenvalue weighted by Crippen LogP contribution is 2.09. The maximum atomic E-state index is 8.55. The van der Waals surface area contributed by atoms with Crippen molar-refractivity contribution in [3.8, 4) is 0 Å². The summed E-state index contributed by atoms with van der Waals surface area (Å²) in [6, 6.07) is 0. The summed E-state index contributed by atoms with van der Waals surface area (Å²) in [7, 11) is 0. The summed E-state index contributed by atoms with van der Waals surface area (Å²) in [4.78, 5) is 2.48. The van der Waals surface area contributed by atoms with E-state index in [0.717, 1.165) is 13.2 Å². The van der Waals surface area contributed by atoms with Crippen LogP contribution < -0.4 is 0 Å². The zero-order valence-electron chi connectivity index (χ0n) is 9.08. The molecule has 0 aliphatic carbocycles. The number of nitrogens with zero attached hydrogens (tertiary/aromatic N) is 1. The summed E-state index contributed by atoms with van der Waals surface area (Å²) < 4.78 is 5.27. The van der Waals surface area contributed by atoms with Crippen molar-refractivity contribution in [1.82, 2.24) is 4.90 Å². The summed E-state index contributed by atoms with van der Waals surface area (Å²) in [5.74, 6) is 0. The predicted octanol–water partition coefficient (Wildman–Crippen LogP) is 1.26. The molecule has 1 rings (SSSR count). The summed E-state index contributed by atoms with van der Waals surface area (Å²) >= 11 is 0. The van der Waals surface area contributed by atoms with Gasteiger partial charge in [0.15, 0.2) is 0 Å². The van der Waals surface area contributed by atoms with Crippen molar-refractivity contribution in [3.05, 3.63) is 0 Å². The Hall–Kier alpha value is -0.120. The van der Waals surface area contributed by atoms with Gasteiger partial charge in [-0.15, -0.1) is 0 Å². The van der Waals surface area contributed by atoms with Gasteiger partial charge in [0.05, 0.1) is 19.8 Å². The first-order valence-electron chi connectivity index (χ1n) is 5.84. The third-order valence-electron chi connectivity index (χ3n) is 2.74. The van der Waals surface area contributed by atoms with E-state index in [9.17, 15) is 0 Å². The molecule has 1 N–H and O–H groups in total. The molecule has 1 aliphatic heterocycles. The number of likely N-dealkylation sites (tertiary alicyclic amines) is 1. The Kier molecular flexibility index (Phi) is 7.01. The highest BCUT2D eigenvalue weighted by atomic mass is 16.5. The fraction of sp³-hybridized carbons (Fsp3) is 1.00. The zero-order chi connectivity index (χ0) is 10.1. The Labute approximate surface area is 87.1 Å². The Morgan fingerprint density at radius 3 is 2.21 bits per heavy atom. The number of aliphatic hydroxyl groups excluding tert-OH is 1. The van der Waals surface area contributed by atoms with Crippen LogP contribution in [0.5, 0.6) is 0 Å². The summed E-state index contributed by atoms with van der Waals surface area (Å²) in [6.45, 7) is 4.86. The fourth-order valence-electron chi connectivity index (χ4n) is 1.90. The lowest BCUT2D eigenvalue weighted by Gasteiger charge is -2.24. The zero-order valence-corrected chi connectivity index (χ0v) is 9.08. The first kappa shape index (κ1) is 12.0. The van der Waals surface area contributed by atoms with Crippen molar-refractivity contribution in [1.29, 1.82) is 0 Å². The second-order valence-electron chi connectivity index (χ2n) is 3.95. The van der Waals surface area contributed by atoms with Crippen molar-refractivity contribution in [2.75, 3.05) is 39.5 Å². The molecule has 0 amide bonds. The van der Waals surface area contributed by atoms with Crippen LogP contribution in [-0.2, 0) is 4.74 Å². The molecule has 0 aromatic carbocycles. The molecule has 84 valence electrons. The van der Waals surface area contributed by atoms with Gasteiger partial charge in [-0.3, -0.25) is 0 Å². The molecular weight excluding hydrogens is 178 g/mol. The van der Waals surface area contributed by atoms with Gasteiger partial charge in [0.2, 0.25) is 0 Å². The van der Waals surface area contributed by atoms with Crippen LogP contribution in [0.15, 0.2) is 0 Å². The second kappa shape index (κ2) is 8.21. The van der Waals surface area contributed by atoms with Crippen molar-refractivity contribution in [3.63, 3.8) is 0 Å². The van der Waals surface area contributed by atoms with Gasteiger partial charge in [0.1, 0.15) is 0 Å². The van der Waals surface area contributed by atoms with Crippen LogP contribution in [0.1, 0.15) is 32.1 Å². The van der Waals surface area contributed by atoms with Gasteiger partial charge in [-0.25, -0.2) is 0 Å². The smallest absolute Gasteiger partial charge is 0.0698 e. The van der Waals surface area contributed by atoms with E-state index in [4.69, 9.17) is 9.84 Å². The Balaban J connectivity index is 2.02. The van der Waals surface area contributed by atoms with E-state index in [2.05, 4.69) is 4.90 Å². The van der Waals surface area contributed by atoms with Crippen LogP contribution >= 0.6 is 0 Å². The van der Waals surface area contributed by atoms with Gasteiger partial charge in [0, 0.05) is 6.54 Å². The molecule has 0 saturated carbocycles. The molecule has 0 unspecified atom stereocenters. The summed E-state index contributed by atoms with van der Waals surface area (Å²) in [5, 5.41) is 8.55. The van der Waals surface area contributed by atoms with Crippen LogP contribution in [0.25, 0.3) is 0 Å². The molecule has 1 aliphatic rings. The van der Waals surface area contributed by atoms with Crippen LogP contribution in [0.4, 0.5) is 0 Å². The van der Waals surface area contributed by atoms with Gasteiger partial charge >= 0.3 is 0 Å². The van der Waals surface area contributed by atoms with Gasteiger partial charge in [-0.2, -0.15) is 0 Å². The largest absolute Gasteiger partial charge is 0.394 e. The number of hydrogen-bond acceptors (Lipinski definition) is 3. The van der Waals surface area contributed by atoms with Crippen LogP contribution in [0.3, 0.4) is 0 Å². The minimum Gasteiger partial charge on any atom is -0.394 e. The van der Waals surface area contributed by atoms with Crippen LogP contribution in [-0.4, -0.2) is 49.5 Å². The van der Waals surface area contributed by atoms with E-state index < -0.39 is 0 Å². The number of rotatable bonds is 5. The van der Waals surface area contributed by atoms with E-state index in [1.807, 2.05) is 0 Å². The molecule has 3 nitrogen and oxygen atoms in total. The Morgan fingerprint density at radius 1 is 0.929 bits per heavy atom. The minimum atomic E-state index is 0.139. The average Bonchev–Trinajstić information content (AvgIpc) is 2.15. The maximum absolute atomic E-state index is 8.55. The maximum Gasteiger partial charge on any atom is 0.0698 e. The van der Waals surface area contributed by atoms with Crippen molar-refractivity contribution in [2.24, 2.45) is 0 Å². The molecule has 3 heteroatoms. The molecule has 0 spiro atoms. The minimum absolute atomic E-state index is 0.139. The van der Waals surface area contributed by atoms with E-state index in [0.29, 0.717) is 6.61 Å². The van der Waals surface area contributed by atoms with Gasteiger partial charge in [0.25, 0.3) is 0 Å². The van der Waals surface area contributed by atoms with E-state index >= 15 is 0 Å². The van der Waals surface area contributed by atoms with Gasteiger partial charge < -0.3 is 14.7 Å². The quantitative estimate of drug-likeness (QED) is 0.680. The standard InChI is InChI=1S/C11H23NO2/c13-9-11-14-10-8-12-6-4-2-1-3-5-7-12/h13H,1-11H2. The van der Waals surface area contributed by atoms with Gasteiger partial charge in [-0.1, -0.05) is 19.3 Å². The normalized spacial score (nSPS) is 20.4. The fourth-order valence-corrected chi connectivity index (χ4v) is 1.90. The van der Waals surface area contributed by atoms with E-state index in [1.54, 1.807) is 0 Å². The highest BCUT2D eigenvalue weighted by molar-refractivity contribution is 4.61. The predicted molar refractivity (Wildman–Crippen MR) is 57.4 cm³/mol. The molecular formula is C11H23NO2. The molecule has 0 bridgehead atoms. The monoisotopic (exact) mass is 201 g/mol. The summed E-state index contributed by atoms with van der Waals surface area (Å²) in [5.41, 5.74) is 0. The first-order chi connectivity index (χ1) is 6.93. The number of hydrogen-bond donors (Lipinski definition) is 1. The van der Waals surface area contributed by atoms with E-state index in [1.165, 1.54) is 45.2 Å². The second-order valence-corrected chi connectivity index (χ2v) is 3.95. The van der Waals surface area contributed by atoms with E-state index in [-0.39, 0.29) is 6.61 Å². The summed E-state index contributed by atoms with van der Waals surface area (Å²) in [6.07, 6.45) is 6.84. The third-order valence-corrected chi connectivity index (χ3v) is 2.74. The first-order valence-corrected chi connectivity index (χ1v) is 5.84. The van der Waals surface area contributed by atoms with Crippen molar-refractivity contribution < 1.29 is 9.84 Å². The average molecular weight is 201 g/mol. The molecule has 0 aromatic rings. The van der Waals surface area contributed by atoms with Gasteiger partial charge in [-0.05, 0) is 25.9 Å². The number of aliphatic hydroxyl groups is 1. The molecule has 0 aromatic heterocycles. The van der Waals surface area contributed by atoms with Crippen LogP contribution in [0.2, 0.25) is 0 Å². The van der Waals surface area contributed by atoms with Crippen LogP contribution in [0, 0.1) is 0 Å². The molecule has 1 saturated heterocycles. The molecule has 14 heavy (non-hydrogen) atoms. The Morgan fingerprint density at radius 2 is 1.57 bits per heavy atom. The lowest BCUT2D eigenvalue weighted by atomic mass is 10.1. The van der Waals surface area contributed by atoms with Crippen molar-refractivity contribution in [2.45, 2.75) is 32.1 Å². The molecule has 1 fully saturated rings. The molecule has 1 heterocycles. The third kappa shape index (κ3) is 5.58. The topological polar surface area (TPSA) is 32.7 Å².